The van der Waals surface area contributed by atoms with Gasteiger partial charge in [0.05, 0.1) is 11.3 Å². The number of aliphatic imine (C=N–C) groups is 1. The molecular weight excluding hydrogens is 383 g/mol. The predicted octanol–water partition coefficient (Wildman–Crippen LogP) is 4.03. The molecule has 1 aromatic carbocycles. The predicted molar refractivity (Wildman–Crippen MR) is 105 cm³/mol. The second-order valence-corrected chi connectivity index (χ2v) is 7.48. The average Bonchev–Trinajstić information content (AvgIpc) is 2.70. The van der Waals surface area contributed by atoms with Crippen LogP contribution in [0.4, 0.5) is 13.2 Å². The van der Waals surface area contributed by atoms with Gasteiger partial charge in [0.25, 0.3) is 5.91 Å². The number of benzene rings is 1. The smallest absolute Gasteiger partial charge is 0.406 e. The minimum atomic E-state index is -4.80. The molecule has 1 heterocycles. The summed E-state index contributed by atoms with van der Waals surface area (Å²) in [7, 11) is 1.49. The number of halogens is 3. The van der Waals surface area contributed by atoms with Crippen LogP contribution in [-0.4, -0.2) is 42.5 Å². The molecule has 1 aromatic rings. The summed E-state index contributed by atoms with van der Waals surface area (Å²) in [6.07, 6.45) is 2.86. The molecule has 0 aromatic heterocycles. The Labute approximate surface area is 168 Å². The Morgan fingerprint density at radius 2 is 1.97 bits per heavy atom. The molecule has 2 N–H and O–H groups in total. The number of nitrogens with zero attached hydrogens (tertiary/aromatic N) is 2. The first-order valence-corrected chi connectivity index (χ1v) is 9.90. The van der Waals surface area contributed by atoms with E-state index in [2.05, 4.69) is 9.73 Å². The third-order valence-electron chi connectivity index (χ3n) is 5.72. The highest BCUT2D eigenvalue weighted by atomic mass is 19.4. The van der Waals surface area contributed by atoms with Crippen LogP contribution >= 0.6 is 0 Å². The summed E-state index contributed by atoms with van der Waals surface area (Å²) >= 11 is 0. The summed E-state index contributed by atoms with van der Waals surface area (Å²) in [5.74, 6) is -0.0804. The van der Waals surface area contributed by atoms with Crippen molar-refractivity contribution < 1.29 is 22.7 Å². The quantitative estimate of drug-likeness (QED) is 0.603. The number of alkyl halides is 3. The molecule has 3 rings (SSSR count). The van der Waals surface area contributed by atoms with Gasteiger partial charge < -0.3 is 15.4 Å². The summed E-state index contributed by atoms with van der Waals surface area (Å²) in [5.41, 5.74) is 6.59. The van der Waals surface area contributed by atoms with E-state index >= 15 is 0 Å². The fraction of sp³-hybridized carbons (Fsp3) is 0.524. The molecule has 1 saturated carbocycles. The molecule has 8 heteroatoms. The van der Waals surface area contributed by atoms with E-state index in [4.69, 9.17) is 5.73 Å². The molecule has 1 aliphatic heterocycles. The Bertz CT molecular complexity index is 803. The molecule has 2 unspecified atom stereocenters. The standard InChI is InChI=1S/C21H26F3N3O2/c1-26-19(15-7-4-9-16(12-15)29-21(22,23)24)17(13-25)20(28)27-11-5-8-14-6-2-3-10-18(14)27/h4,7,9,12-14,18H,2-3,5-6,8,10-11,25H2,1H3. The average molecular weight is 409 g/mol. The maximum Gasteiger partial charge on any atom is 0.573 e. The normalized spacial score (nSPS) is 23.5. The van der Waals surface area contributed by atoms with E-state index in [0.29, 0.717) is 18.0 Å². The van der Waals surface area contributed by atoms with Gasteiger partial charge >= 0.3 is 6.36 Å². The molecule has 2 fully saturated rings. The van der Waals surface area contributed by atoms with Crippen molar-refractivity contribution >= 4 is 11.6 Å². The van der Waals surface area contributed by atoms with Crippen LogP contribution in [0, 0.1) is 5.92 Å². The Hall–Kier alpha value is -2.51. The molecule has 0 spiro atoms. The molecule has 1 amide bonds. The number of rotatable bonds is 4. The second kappa shape index (κ2) is 8.88. The molecule has 2 aliphatic rings. The van der Waals surface area contributed by atoms with Crippen LogP contribution in [0.2, 0.25) is 0 Å². The first-order valence-electron chi connectivity index (χ1n) is 9.90. The van der Waals surface area contributed by atoms with E-state index < -0.39 is 6.36 Å². The lowest BCUT2D eigenvalue weighted by Crippen LogP contribution is -2.50. The van der Waals surface area contributed by atoms with Crippen molar-refractivity contribution in [2.24, 2.45) is 16.6 Å². The van der Waals surface area contributed by atoms with Crippen molar-refractivity contribution in [2.45, 2.75) is 50.9 Å². The fourth-order valence-electron chi connectivity index (χ4n) is 4.53. The monoisotopic (exact) mass is 409 g/mol. The molecule has 5 nitrogen and oxygen atoms in total. The van der Waals surface area contributed by atoms with Crippen molar-refractivity contribution in [1.29, 1.82) is 0 Å². The van der Waals surface area contributed by atoms with Gasteiger partial charge in [-0.15, -0.1) is 13.2 Å². The Kier molecular flexibility index (Phi) is 6.49. The van der Waals surface area contributed by atoms with Crippen LogP contribution in [-0.2, 0) is 4.79 Å². The zero-order valence-electron chi connectivity index (χ0n) is 16.4. The fourth-order valence-corrected chi connectivity index (χ4v) is 4.53. The number of carbonyl (C=O) groups is 1. The van der Waals surface area contributed by atoms with E-state index in [-0.39, 0.29) is 29.0 Å². The number of fused-ring (bicyclic) bond motifs is 1. The zero-order valence-corrected chi connectivity index (χ0v) is 16.4. The molecule has 158 valence electrons. The second-order valence-electron chi connectivity index (χ2n) is 7.48. The molecule has 29 heavy (non-hydrogen) atoms. The van der Waals surface area contributed by atoms with Crippen LogP contribution in [0.25, 0.3) is 0 Å². The Morgan fingerprint density at radius 3 is 2.66 bits per heavy atom. The van der Waals surface area contributed by atoms with Gasteiger partial charge in [0, 0.05) is 31.4 Å². The number of ether oxygens (including phenoxy) is 1. The van der Waals surface area contributed by atoms with Gasteiger partial charge in [-0.1, -0.05) is 25.0 Å². The van der Waals surface area contributed by atoms with Crippen LogP contribution in [0.1, 0.15) is 44.1 Å². The van der Waals surface area contributed by atoms with Crippen molar-refractivity contribution in [1.82, 2.24) is 4.90 Å². The van der Waals surface area contributed by atoms with Crippen molar-refractivity contribution in [3.8, 4) is 5.75 Å². The number of piperidine rings is 1. The van der Waals surface area contributed by atoms with E-state index in [1.165, 1.54) is 37.9 Å². The molecule has 0 radical (unpaired) electrons. The minimum absolute atomic E-state index is 0.193. The number of hydrogen-bond donors (Lipinski definition) is 1. The van der Waals surface area contributed by atoms with Crippen LogP contribution in [0.5, 0.6) is 5.75 Å². The zero-order chi connectivity index (χ0) is 21.0. The summed E-state index contributed by atoms with van der Waals surface area (Å²) in [4.78, 5) is 19.4. The number of carbonyl (C=O) groups excluding carboxylic acids is 1. The maximum absolute atomic E-state index is 13.4. The first-order chi connectivity index (χ1) is 13.8. The van der Waals surface area contributed by atoms with Gasteiger partial charge in [-0.3, -0.25) is 9.79 Å². The van der Waals surface area contributed by atoms with Gasteiger partial charge in [0.2, 0.25) is 0 Å². The van der Waals surface area contributed by atoms with E-state index in [0.717, 1.165) is 32.1 Å². The lowest BCUT2D eigenvalue weighted by molar-refractivity contribution is -0.274. The third kappa shape index (κ3) is 4.92. The lowest BCUT2D eigenvalue weighted by Gasteiger charge is -2.44. The SMILES string of the molecule is CN=C(C(=CN)C(=O)N1CCCC2CCCCC21)c1cccc(OC(F)(F)F)c1. The number of hydrogen-bond acceptors (Lipinski definition) is 4. The Morgan fingerprint density at radius 1 is 1.24 bits per heavy atom. The van der Waals surface area contributed by atoms with Gasteiger partial charge in [-0.05, 0) is 43.7 Å². The topological polar surface area (TPSA) is 67.9 Å². The minimum Gasteiger partial charge on any atom is -0.406 e. The third-order valence-corrected chi connectivity index (χ3v) is 5.72. The van der Waals surface area contributed by atoms with Gasteiger partial charge in [0.1, 0.15) is 5.75 Å². The Balaban J connectivity index is 1.86. The van der Waals surface area contributed by atoms with Crippen molar-refractivity contribution in [3.05, 3.63) is 41.6 Å². The highest BCUT2D eigenvalue weighted by Crippen LogP contribution is 2.36. The van der Waals surface area contributed by atoms with Gasteiger partial charge in [0.15, 0.2) is 0 Å². The van der Waals surface area contributed by atoms with Crippen LogP contribution in [0.15, 0.2) is 41.0 Å². The summed E-state index contributed by atoms with van der Waals surface area (Å²) in [6.45, 7) is 0.658. The van der Waals surface area contributed by atoms with Crippen LogP contribution in [0.3, 0.4) is 0 Å². The maximum atomic E-state index is 13.4. The largest absolute Gasteiger partial charge is 0.573 e. The van der Waals surface area contributed by atoms with Crippen LogP contribution < -0.4 is 10.5 Å². The summed E-state index contributed by atoms with van der Waals surface area (Å²) in [6, 6.07) is 5.62. The van der Waals surface area contributed by atoms with E-state index in [1.54, 1.807) is 6.07 Å². The molecule has 0 bridgehead atoms. The highest BCUT2D eigenvalue weighted by molar-refractivity contribution is 6.28. The highest BCUT2D eigenvalue weighted by Gasteiger charge is 2.37. The van der Waals surface area contributed by atoms with Gasteiger partial charge in [-0.2, -0.15) is 0 Å². The number of likely N-dealkylation sites (tertiary alicyclic amines) is 1. The molecule has 1 saturated heterocycles. The summed E-state index contributed by atoms with van der Waals surface area (Å²) in [5, 5.41) is 0. The van der Waals surface area contributed by atoms with Crippen molar-refractivity contribution in [2.75, 3.05) is 13.6 Å². The molecule has 2 atom stereocenters. The first kappa shape index (κ1) is 21.2. The number of amides is 1. The van der Waals surface area contributed by atoms with E-state index in [9.17, 15) is 18.0 Å². The molecular formula is C21H26F3N3O2. The van der Waals surface area contributed by atoms with Crippen molar-refractivity contribution in [3.63, 3.8) is 0 Å². The summed E-state index contributed by atoms with van der Waals surface area (Å²) < 4.78 is 41.7. The van der Waals surface area contributed by atoms with E-state index in [1.807, 2.05) is 4.90 Å². The molecule has 1 aliphatic carbocycles. The lowest BCUT2D eigenvalue weighted by atomic mass is 9.78. The van der Waals surface area contributed by atoms with Gasteiger partial charge in [-0.25, -0.2) is 0 Å². The number of nitrogens with two attached hydrogens (primary N) is 1.